The van der Waals surface area contributed by atoms with Crippen molar-refractivity contribution < 1.29 is 4.74 Å². The number of nitrogens with one attached hydrogen (secondary N) is 3. The van der Waals surface area contributed by atoms with Crippen LogP contribution in [0.15, 0.2) is 22.7 Å². The van der Waals surface area contributed by atoms with Crippen molar-refractivity contribution in [2.75, 3.05) is 42.8 Å². The number of aromatic nitrogens is 3. The zero-order valence-electron chi connectivity index (χ0n) is 19.0. The molecule has 2 heterocycles. The van der Waals surface area contributed by atoms with Gasteiger partial charge in [-0.15, -0.1) is 0 Å². The van der Waals surface area contributed by atoms with Crippen LogP contribution in [0, 0.1) is 0 Å². The lowest BCUT2D eigenvalue weighted by Gasteiger charge is -2.32. The highest BCUT2D eigenvalue weighted by Crippen LogP contribution is 2.29. The smallest absolute Gasteiger partial charge is 0.233 e. The van der Waals surface area contributed by atoms with E-state index in [9.17, 15) is 0 Å². The van der Waals surface area contributed by atoms with Crippen molar-refractivity contribution >= 4 is 39.5 Å². The zero-order chi connectivity index (χ0) is 22.3. The first kappa shape index (κ1) is 23.0. The lowest BCUT2D eigenvalue weighted by Crippen LogP contribution is -2.42. The van der Waals surface area contributed by atoms with Crippen molar-refractivity contribution in [2.45, 2.75) is 63.5 Å². The number of rotatable bonds is 7. The Hall–Kier alpha value is -2.13. The summed E-state index contributed by atoms with van der Waals surface area (Å²) < 4.78 is 6.22. The van der Waals surface area contributed by atoms with Gasteiger partial charge < -0.3 is 25.6 Å². The molecule has 0 spiro atoms. The van der Waals surface area contributed by atoms with E-state index in [1.54, 1.807) is 7.11 Å². The Morgan fingerprint density at radius 2 is 1.72 bits per heavy atom. The number of ether oxygens (including phenoxy) is 1. The summed E-state index contributed by atoms with van der Waals surface area (Å²) in [6, 6.07) is 6.69. The normalized spacial score (nSPS) is 18.1. The Kier molecular flexibility index (Phi) is 8.02. The minimum atomic E-state index is 0.417. The summed E-state index contributed by atoms with van der Waals surface area (Å²) in [7, 11) is 3.75. The lowest BCUT2D eigenvalue weighted by molar-refractivity contribution is 0.412. The zero-order valence-corrected chi connectivity index (χ0v) is 20.6. The summed E-state index contributed by atoms with van der Waals surface area (Å²) in [4.78, 5) is 16.5. The second kappa shape index (κ2) is 11.1. The Morgan fingerprint density at radius 3 is 2.41 bits per heavy atom. The summed E-state index contributed by atoms with van der Waals surface area (Å²) in [5.74, 6) is 2.69. The van der Waals surface area contributed by atoms with Gasteiger partial charge in [-0.3, -0.25) is 0 Å². The molecule has 0 atom stereocenters. The SMILES string of the molecule is COc1ccc(Nc2nc(NC3CCCCCC3)nc(N(C)C3CCNCC3)n2)cc1Br. The van der Waals surface area contributed by atoms with E-state index in [2.05, 4.69) is 43.8 Å². The fraction of sp³-hybridized carbons (Fsp3) is 0.609. The molecule has 1 aliphatic carbocycles. The standard InChI is InChI=1S/C23H34BrN7O/c1-31(18-11-13-25-14-12-18)23-29-21(26-16-7-5-3-4-6-8-16)28-22(30-23)27-17-9-10-20(32-2)19(24)15-17/h9-10,15-16,18,25H,3-8,11-14H2,1-2H3,(H2,26,27,28,29,30). The monoisotopic (exact) mass is 503 g/mol. The average Bonchev–Trinajstić information content (AvgIpc) is 3.08. The third kappa shape index (κ3) is 6.01. The molecule has 32 heavy (non-hydrogen) atoms. The number of piperidine rings is 1. The fourth-order valence-corrected chi connectivity index (χ4v) is 5.02. The third-order valence-corrected chi connectivity index (χ3v) is 7.01. The maximum atomic E-state index is 5.34. The summed E-state index contributed by atoms with van der Waals surface area (Å²) in [6.45, 7) is 2.05. The molecule has 2 aromatic rings. The van der Waals surface area contributed by atoms with E-state index in [-0.39, 0.29) is 0 Å². The second-order valence-electron chi connectivity index (χ2n) is 8.68. The summed E-state index contributed by atoms with van der Waals surface area (Å²) in [6.07, 6.45) is 9.66. The molecule has 0 bridgehead atoms. The predicted molar refractivity (Wildman–Crippen MR) is 133 cm³/mol. The molecule has 2 fully saturated rings. The van der Waals surface area contributed by atoms with Crippen molar-refractivity contribution in [3.05, 3.63) is 22.7 Å². The van der Waals surface area contributed by atoms with E-state index in [1.807, 2.05) is 18.2 Å². The van der Waals surface area contributed by atoms with Crippen LogP contribution in [-0.4, -0.2) is 54.3 Å². The molecule has 0 radical (unpaired) electrons. The van der Waals surface area contributed by atoms with Crippen molar-refractivity contribution in [3.8, 4) is 5.75 Å². The molecule has 3 N–H and O–H groups in total. The number of hydrogen-bond acceptors (Lipinski definition) is 8. The molecule has 9 heteroatoms. The van der Waals surface area contributed by atoms with Gasteiger partial charge in [0.05, 0.1) is 11.6 Å². The average molecular weight is 504 g/mol. The van der Waals surface area contributed by atoms with Crippen molar-refractivity contribution in [3.63, 3.8) is 0 Å². The Labute approximate surface area is 199 Å². The predicted octanol–water partition coefficient (Wildman–Crippen LogP) is 4.71. The van der Waals surface area contributed by atoms with E-state index in [0.29, 0.717) is 29.9 Å². The molecular formula is C23H34BrN7O. The lowest BCUT2D eigenvalue weighted by atomic mass is 10.1. The number of halogens is 1. The highest BCUT2D eigenvalue weighted by molar-refractivity contribution is 9.10. The number of methoxy groups -OCH3 is 1. The van der Waals surface area contributed by atoms with Crippen LogP contribution in [0.5, 0.6) is 5.75 Å². The number of nitrogens with zero attached hydrogens (tertiary/aromatic N) is 4. The van der Waals surface area contributed by atoms with Crippen LogP contribution < -0.4 is 25.6 Å². The van der Waals surface area contributed by atoms with Gasteiger partial charge in [-0.1, -0.05) is 25.7 Å². The quantitative estimate of drug-likeness (QED) is 0.468. The molecule has 1 saturated heterocycles. The summed E-state index contributed by atoms with van der Waals surface area (Å²) in [5, 5.41) is 10.4. The van der Waals surface area contributed by atoms with Gasteiger partial charge in [0.15, 0.2) is 0 Å². The highest BCUT2D eigenvalue weighted by Gasteiger charge is 2.22. The van der Waals surface area contributed by atoms with Crippen LogP contribution in [0.4, 0.5) is 23.5 Å². The number of hydrogen-bond donors (Lipinski definition) is 3. The summed E-state index contributed by atoms with van der Waals surface area (Å²) in [5.41, 5.74) is 0.889. The number of anilines is 4. The molecule has 4 rings (SSSR count). The molecule has 8 nitrogen and oxygen atoms in total. The van der Waals surface area contributed by atoms with Crippen molar-refractivity contribution in [1.29, 1.82) is 0 Å². The second-order valence-corrected chi connectivity index (χ2v) is 9.54. The minimum Gasteiger partial charge on any atom is -0.496 e. The first-order valence-electron chi connectivity index (χ1n) is 11.7. The van der Waals surface area contributed by atoms with Gasteiger partial charge in [0, 0.05) is 24.8 Å². The maximum Gasteiger partial charge on any atom is 0.233 e. The van der Waals surface area contributed by atoms with Gasteiger partial charge in [0.1, 0.15) is 5.75 Å². The van der Waals surface area contributed by atoms with Crippen LogP contribution in [0.25, 0.3) is 0 Å². The van der Waals surface area contributed by atoms with Gasteiger partial charge >= 0.3 is 0 Å². The van der Waals surface area contributed by atoms with Gasteiger partial charge in [0.2, 0.25) is 17.8 Å². The molecule has 1 aromatic carbocycles. The molecule has 174 valence electrons. The van der Waals surface area contributed by atoms with Crippen molar-refractivity contribution in [2.24, 2.45) is 0 Å². The van der Waals surface area contributed by atoms with Crippen LogP contribution in [-0.2, 0) is 0 Å². The van der Waals surface area contributed by atoms with E-state index in [0.717, 1.165) is 41.8 Å². The fourth-order valence-electron chi connectivity index (χ4n) is 4.48. The van der Waals surface area contributed by atoms with Gasteiger partial charge in [-0.25, -0.2) is 0 Å². The minimum absolute atomic E-state index is 0.417. The van der Waals surface area contributed by atoms with Crippen LogP contribution in [0.3, 0.4) is 0 Å². The molecule has 0 amide bonds. The Balaban J connectivity index is 1.59. The molecule has 0 unspecified atom stereocenters. The highest BCUT2D eigenvalue weighted by atomic mass is 79.9. The van der Waals surface area contributed by atoms with Crippen LogP contribution in [0.1, 0.15) is 51.4 Å². The topological polar surface area (TPSA) is 87.2 Å². The van der Waals surface area contributed by atoms with Crippen LogP contribution in [0.2, 0.25) is 0 Å². The van der Waals surface area contributed by atoms with E-state index in [1.165, 1.54) is 38.5 Å². The van der Waals surface area contributed by atoms with Crippen LogP contribution >= 0.6 is 15.9 Å². The van der Waals surface area contributed by atoms with Gasteiger partial charge in [-0.05, 0) is 72.9 Å². The largest absolute Gasteiger partial charge is 0.496 e. The van der Waals surface area contributed by atoms with E-state index >= 15 is 0 Å². The third-order valence-electron chi connectivity index (χ3n) is 6.39. The van der Waals surface area contributed by atoms with Gasteiger partial charge in [-0.2, -0.15) is 15.0 Å². The maximum absolute atomic E-state index is 5.34. The first-order chi connectivity index (χ1) is 15.6. The number of benzene rings is 1. The molecule has 1 saturated carbocycles. The molecule has 1 aromatic heterocycles. The molecule has 2 aliphatic rings. The summed E-state index contributed by atoms with van der Waals surface area (Å²) >= 11 is 3.55. The molecule has 1 aliphatic heterocycles. The molecular weight excluding hydrogens is 470 g/mol. The van der Waals surface area contributed by atoms with Gasteiger partial charge in [0.25, 0.3) is 0 Å². The van der Waals surface area contributed by atoms with E-state index in [4.69, 9.17) is 19.7 Å². The van der Waals surface area contributed by atoms with Crippen molar-refractivity contribution in [1.82, 2.24) is 20.3 Å². The Morgan fingerprint density at radius 1 is 1.00 bits per heavy atom. The Bertz CT molecular complexity index is 883. The first-order valence-corrected chi connectivity index (χ1v) is 12.5. The van der Waals surface area contributed by atoms with E-state index < -0.39 is 0 Å².